The smallest absolute Gasteiger partial charge is 0.253 e. The zero-order valence-electron chi connectivity index (χ0n) is 26.8. The number of hydrogen-bond donors (Lipinski definition) is 1. The summed E-state index contributed by atoms with van der Waals surface area (Å²) in [7, 11) is 0. The third kappa shape index (κ3) is 28.1. The van der Waals surface area contributed by atoms with Crippen LogP contribution in [0.2, 0.25) is 0 Å². The second-order valence-corrected chi connectivity index (χ2v) is 11.8. The van der Waals surface area contributed by atoms with Crippen molar-refractivity contribution in [3.8, 4) is 0 Å². The Bertz CT molecular complexity index is 561. The SMILES string of the molecule is CCCCCCCCC=CCCCCCCCC(=O)N(O)C(=O)CCCCCCCC=CCCCCCCCC. The van der Waals surface area contributed by atoms with Crippen LogP contribution in [0.4, 0.5) is 0 Å². The number of hydrogen-bond acceptors (Lipinski definition) is 3. The van der Waals surface area contributed by atoms with Crippen molar-refractivity contribution in [1.29, 1.82) is 0 Å². The van der Waals surface area contributed by atoms with Crippen molar-refractivity contribution in [2.75, 3.05) is 0 Å². The Hall–Kier alpha value is -1.42. The summed E-state index contributed by atoms with van der Waals surface area (Å²) in [6.07, 6.45) is 41.2. The lowest BCUT2D eigenvalue weighted by Crippen LogP contribution is -2.33. The molecule has 0 saturated heterocycles. The van der Waals surface area contributed by atoms with Crippen LogP contribution in [0.3, 0.4) is 0 Å². The predicted octanol–water partition coefficient (Wildman–Crippen LogP) is 11.8. The van der Waals surface area contributed by atoms with Crippen LogP contribution in [0.1, 0.15) is 194 Å². The molecule has 2 amide bonds. The molecule has 0 heterocycles. The van der Waals surface area contributed by atoms with Gasteiger partial charge < -0.3 is 0 Å². The number of unbranched alkanes of at least 4 members (excludes halogenated alkanes) is 22. The predicted molar refractivity (Wildman–Crippen MR) is 173 cm³/mol. The van der Waals surface area contributed by atoms with Crippen LogP contribution in [0.25, 0.3) is 0 Å². The Labute approximate surface area is 249 Å². The molecule has 40 heavy (non-hydrogen) atoms. The van der Waals surface area contributed by atoms with Crippen molar-refractivity contribution in [1.82, 2.24) is 5.06 Å². The first kappa shape index (κ1) is 38.6. The van der Waals surface area contributed by atoms with Crippen LogP contribution in [0.15, 0.2) is 24.3 Å². The topological polar surface area (TPSA) is 57.6 Å². The molecule has 0 rings (SSSR count). The van der Waals surface area contributed by atoms with E-state index in [0.717, 1.165) is 51.4 Å². The van der Waals surface area contributed by atoms with E-state index in [1.807, 2.05) is 0 Å². The molecule has 0 aromatic rings. The van der Waals surface area contributed by atoms with Crippen molar-refractivity contribution in [2.24, 2.45) is 0 Å². The van der Waals surface area contributed by atoms with Gasteiger partial charge in [-0.1, -0.05) is 141 Å². The molecule has 0 aromatic heterocycles. The molecule has 0 aromatic carbocycles. The Balaban J connectivity index is 3.51. The van der Waals surface area contributed by atoms with Crippen LogP contribution in [0.5, 0.6) is 0 Å². The van der Waals surface area contributed by atoms with Crippen molar-refractivity contribution < 1.29 is 14.8 Å². The maximum absolute atomic E-state index is 12.1. The maximum atomic E-state index is 12.1. The third-order valence-electron chi connectivity index (χ3n) is 7.78. The van der Waals surface area contributed by atoms with Gasteiger partial charge in [-0.2, -0.15) is 5.06 Å². The van der Waals surface area contributed by atoms with E-state index < -0.39 is 11.8 Å². The van der Waals surface area contributed by atoms with Crippen LogP contribution in [-0.2, 0) is 9.59 Å². The molecule has 234 valence electrons. The van der Waals surface area contributed by atoms with E-state index in [1.54, 1.807) is 0 Å². The normalized spacial score (nSPS) is 11.7. The number of nitrogens with zero attached hydrogens (tertiary/aromatic N) is 1. The molecule has 0 aliphatic rings. The van der Waals surface area contributed by atoms with Gasteiger partial charge in [-0.25, -0.2) is 0 Å². The van der Waals surface area contributed by atoms with Crippen molar-refractivity contribution >= 4 is 11.8 Å². The molecule has 0 bridgehead atoms. The van der Waals surface area contributed by atoms with Gasteiger partial charge in [0.1, 0.15) is 0 Å². The monoisotopic (exact) mass is 562 g/mol. The van der Waals surface area contributed by atoms with Gasteiger partial charge in [-0.15, -0.1) is 0 Å². The fraction of sp³-hybridized carbons (Fsp3) is 0.833. The summed E-state index contributed by atoms with van der Waals surface area (Å²) in [4.78, 5) is 24.2. The summed E-state index contributed by atoms with van der Waals surface area (Å²) >= 11 is 0. The van der Waals surface area contributed by atoms with Gasteiger partial charge in [0.2, 0.25) is 0 Å². The molecule has 0 spiro atoms. The van der Waals surface area contributed by atoms with E-state index in [2.05, 4.69) is 38.2 Å². The van der Waals surface area contributed by atoms with Gasteiger partial charge in [0.25, 0.3) is 11.8 Å². The largest absolute Gasteiger partial charge is 0.279 e. The van der Waals surface area contributed by atoms with E-state index in [0.29, 0.717) is 5.06 Å². The lowest BCUT2D eigenvalue weighted by molar-refractivity contribution is -0.179. The molecule has 0 radical (unpaired) electrons. The van der Waals surface area contributed by atoms with E-state index >= 15 is 0 Å². The maximum Gasteiger partial charge on any atom is 0.253 e. The zero-order chi connectivity index (χ0) is 29.4. The first-order valence-corrected chi connectivity index (χ1v) is 17.5. The first-order chi connectivity index (χ1) is 19.6. The summed E-state index contributed by atoms with van der Waals surface area (Å²) in [5.41, 5.74) is 0. The lowest BCUT2D eigenvalue weighted by atomic mass is 10.1. The molecule has 1 N–H and O–H groups in total. The van der Waals surface area contributed by atoms with Crippen LogP contribution in [0, 0.1) is 0 Å². The average Bonchev–Trinajstić information content (AvgIpc) is 2.96. The highest BCUT2D eigenvalue weighted by Crippen LogP contribution is 2.13. The molecule has 4 nitrogen and oxygen atoms in total. The molecule has 0 fully saturated rings. The highest BCUT2D eigenvalue weighted by molar-refractivity contribution is 5.93. The molecular formula is C36H67NO3. The van der Waals surface area contributed by atoms with Gasteiger partial charge >= 0.3 is 0 Å². The number of carbonyl (C=O) groups is 2. The summed E-state index contributed by atoms with van der Waals surface area (Å²) in [5.74, 6) is -0.897. The molecular weight excluding hydrogens is 494 g/mol. The highest BCUT2D eigenvalue weighted by atomic mass is 16.5. The zero-order valence-corrected chi connectivity index (χ0v) is 26.8. The van der Waals surface area contributed by atoms with Crippen LogP contribution >= 0.6 is 0 Å². The quantitative estimate of drug-likeness (QED) is 0.0410. The standard InChI is InChI=1S/C36H67NO3/c1-3-5-7-9-11-13-15-17-19-21-23-25-27-29-31-33-35(38)37(40)36(39)34-32-30-28-26-24-22-20-18-16-14-12-10-8-6-4-2/h17-20,40H,3-16,21-34H2,1-2H3. The number of rotatable bonds is 30. The van der Waals surface area contributed by atoms with E-state index in [-0.39, 0.29) is 12.8 Å². The van der Waals surface area contributed by atoms with Crippen molar-refractivity contribution in [3.05, 3.63) is 24.3 Å². The molecule has 0 unspecified atom stereocenters. The summed E-state index contributed by atoms with van der Waals surface area (Å²) in [6.45, 7) is 4.52. The van der Waals surface area contributed by atoms with Crippen LogP contribution < -0.4 is 0 Å². The molecule has 0 saturated carbocycles. The second kappa shape index (κ2) is 32.1. The first-order valence-electron chi connectivity index (χ1n) is 17.5. The van der Waals surface area contributed by atoms with Gasteiger partial charge in [-0.3, -0.25) is 14.8 Å². The number of allylic oxidation sites excluding steroid dienone is 4. The minimum absolute atomic E-state index is 0.257. The Kier molecular flexibility index (Phi) is 31.0. The summed E-state index contributed by atoms with van der Waals surface area (Å²) in [5, 5.41) is 10.3. The molecule has 0 aliphatic heterocycles. The molecule has 0 atom stereocenters. The number of carbonyl (C=O) groups excluding carboxylic acids is 2. The van der Waals surface area contributed by atoms with E-state index in [9.17, 15) is 14.8 Å². The van der Waals surface area contributed by atoms with Crippen molar-refractivity contribution in [2.45, 2.75) is 194 Å². The minimum Gasteiger partial charge on any atom is -0.279 e. The second-order valence-electron chi connectivity index (χ2n) is 11.8. The van der Waals surface area contributed by atoms with Crippen LogP contribution in [-0.4, -0.2) is 22.1 Å². The highest BCUT2D eigenvalue weighted by Gasteiger charge is 2.18. The van der Waals surface area contributed by atoms with Crippen molar-refractivity contribution in [3.63, 3.8) is 0 Å². The fourth-order valence-electron chi connectivity index (χ4n) is 5.04. The average molecular weight is 562 g/mol. The van der Waals surface area contributed by atoms with Gasteiger partial charge in [0.15, 0.2) is 0 Å². The molecule has 0 aliphatic carbocycles. The van der Waals surface area contributed by atoms with E-state index in [4.69, 9.17) is 0 Å². The summed E-state index contributed by atoms with van der Waals surface area (Å²) in [6, 6.07) is 0. The van der Waals surface area contributed by atoms with Gasteiger partial charge in [0, 0.05) is 12.8 Å². The molecule has 4 heteroatoms. The number of amides is 2. The Morgan fingerprint density at radius 1 is 0.425 bits per heavy atom. The summed E-state index contributed by atoms with van der Waals surface area (Å²) < 4.78 is 0. The van der Waals surface area contributed by atoms with E-state index in [1.165, 1.54) is 116 Å². The third-order valence-corrected chi connectivity index (χ3v) is 7.78. The Morgan fingerprint density at radius 2 is 0.675 bits per heavy atom. The lowest BCUT2D eigenvalue weighted by Gasteiger charge is -2.13. The fourth-order valence-corrected chi connectivity index (χ4v) is 5.04. The Morgan fingerprint density at radius 3 is 0.975 bits per heavy atom. The number of hydroxylamine groups is 2. The number of imide groups is 1. The van der Waals surface area contributed by atoms with Gasteiger partial charge in [-0.05, 0) is 64.2 Å². The minimum atomic E-state index is -0.449. The van der Waals surface area contributed by atoms with Gasteiger partial charge in [0.05, 0.1) is 0 Å².